The van der Waals surface area contributed by atoms with Gasteiger partial charge >= 0.3 is 5.97 Å². The van der Waals surface area contributed by atoms with Crippen LogP contribution in [0, 0.1) is 10.1 Å². The van der Waals surface area contributed by atoms with E-state index in [0.29, 0.717) is 0 Å². The van der Waals surface area contributed by atoms with Gasteiger partial charge in [-0.25, -0.2) is 4.79 Å². The number of nitro groups is 1. The van der Waals surface area contributed by atoms with Crippen molar-refractivity contribution in [3.63, 3.8) is 0 Å². The molecule has 0 aliphatic rings. The van der Waals surface area contributed by atoms with Crippen molar-refractivity contribution in [1.82, 2.24) is 0 Å². The van der Waals surface area contributed by atoms with Crippen molar-refractivity contribution in [2.24, 2.45) is 0 Å². The Hall–Kier alpha value is -1.95. The molecule has 7 heteroatoms. The lowest BCUT2D eigenvalue weighted by molar-refractivity contribution is -0.385. The lowest BCUT2D eigenvalue weighted by Crippen LogP contribution is -2.11. The molecule has 0 radical (unpaired) electrons. The van der Waals surface area contributed by atoms with Crippen molar-refractivity contribution < 1.29 is 19.6 Å². The van der Waals surface area contributed by atoms with Gasteiger partial charge in [-0.2, -0.15) is 0 Å². The predicted octanol–water partition coefficient (Wildman–Crippen LogP) is 2.16. The van der Waals surface area contributed by atoms with Crippen LogP contribution in [0.25, 0.3) is 0 Å². The Morgan fingerprint density at radius 2 is 2.06 bits per heavy atom. The summed E-state index contributed by atoms with van der Waals surface area (Å²) >= 11 is 5.72. The van der Waals surface area contributed by atoms with E-state index in [1.807, 2.05) is 0 Å². The van der Waals surface area contributed by atoms with Crippen molar-refractivity contribution in [2.75, 3.05) is 0 Å². The van der Waals surface area contributed by atoms with Crippen LogP contribution >= 0.6 is 11.6 Å². The first-order valence-corrected chi connectivity index (χ1v) is 4.95. The zero-order valence-electron chi connectivity index (χ0n) is 8.71. The van der Waals surface area contributed by atoms with Crippen LogP contribution in [0.3, 0.4) is 0 Å². The number of nitrogens with zero attached hydrogens (tertiary/aromatic N) is 1. The number of halogens is 1. The summed E-state index contributed by atoms with van der Waals surface area (Å²) in [7, 11) is 0. The average molecular weight is 258 g/mol. The molecule has 0 aromatic heterocycles. The lowest BCUT2D eigenvalue weighted by Gasteiger charge is -2.09. The first kappa shape index (κ1) is 13.1. The minimum Gasteiger partial charge on any atom is -0.478 e. The summed E-state index contributed by atoms with van der Waals surface area (Å²) in [4.78, 5) is 32.1. The highest BCUT2D eigenvalue weighted by Gasteiger charge is 2.29. The molecule has 0 aliphatic carbocycles. The van der Waals surface area contributed by atoms with Gasteiger partial charge in [-0.1, -0.05) is 6.07 Å². The smallest absolute Gasteiger partial charge is 0.336 e. The Kier molecular flexibility index (Phi) is 3.80. The van der Waals surface area contributed by atoms with E-state index in [4.69, 9.17) is 16.7 Å². The molecule has 1 aromatic rings. The van der Waals surface area contributed by atoms with Crippen molar-refractivity contribution in [1.29, 1.82) is 0 Å². The largest absolute Gasteiger partial charge is 0.478 e. The molecule has 0 heterocycles. The standard InChI is InChI=1S/C10H8ClNO5/c1-5(13)9(11)8-6(10(14)15)3-2-4-7(8)12(16)17/h2-4,9H,1H3,(H,14,15). The van der Waals surface area contributed by atoms with Gasteiger partial charge in [0.1, 0.15) is 5.38 Å². The number of ketones is 1. The lowest BCUT2D eigenvalue weighted by atomic mass is 10.00. The third kappa shape index (κ3) is 2.59. The summed E-state index contributed by atoms with van der Waals surface area (Å²) in [5.74, 6) is -1.92. The van der Waals surface area contributed by atoms with Crippen LogP contribution < -0.4 is 0 Å². The first-order valence-electron chi connectivity index (χ1n) is 4.51. The second-order valence-corrected chi connectivity index (χ2v) is 3.71. The van der Waals surface area contributed by atoms with E-state index in [-0.39, 0.29) is 11.1 Å². The number of carboxylic acid groups (broad SMARTS) is 1. The predicted molar refractivity (Wildman–Crippen MR) is 59.3 cm³/mol. The zero-order chi connectivity index (χ0) is 13.2. The van der Waals surface area contributed by atoms with Gasteiger partial charge in [0.25, 0.3) is 5.69 Å². The van der Waals surface area contributed by atoms with Crippen LogP contribution in [0.15, 0.2) is 18.2 Å². The van der Waals surface area contributed by atoms with Gasteiger partial charge in [0, 0.05) is 6.07 Å². The van der Waals surface area contributed by atoms with Crippen LogP contribution in [0.4, 0.5) is 5.69 Å². The molecule has 0 aliphatic heterocycles. The van der Waals surface area contributed by atoms with E-state index < -0.39 is 27.7 Å². The van der Waals surface area contributed by atoms with Crippen molar-refractivity contribution in [2.45, 2.75) is 12.3 Å². The maximum absolute atomic E-state index is 11.1. The van der Waals surface area contributed by atoms with E-state index in [2.05, 4.69) is 0 Å². The number of hydrogen-bond donors (Lipinski definition) is 1. The molecule has 17 heavy (non-hydrogen) atoms. The molecule has 1 aromatic carbocycles. The SMILES string of the molecule is CC(=O)C(Cl)c1c(C(=O)O)cccc1[N+](=O)[O-]. The highest BCUT2D eigenvalue weighted by atomic mass is 35.5. The molecule has 0 saturated heterocycles. The van der Waals surface area contributed by atoms with Crippen molar-refractivity contribution in [3.05, 3.63) is 39.4 Å². The molecule has 0 spiro atoms. The molecule has 1 rings (SSSR count). The van der Waals surface area contributed by atoms with Gasteiger partial charge in [-0.15, -0.1) is 11.6 Å². The molecule has 0 amide bonds. The zero-order valence-corrected chi connectivity index (χ0v) is 9.47. The maximum atomic E-state index is 11.1. The second kappa shape index (κ2) is 4.92. The number of rotatable bonds is 4. The minimum absolute atomic E-state index is 0.279. The molecule has 1 atom stereocenters. The van der Waals surface area contributed by atoms with Crippen LogP contribution in [0.1, 0.15) is 28.2 Å². The van der Waals surface area contributed by atoms with Gasteiger partial charge in [0.15, 0.2) is 5.78 Å². The summed E-state index contributed by atoms with van der Waals surface area (Å²) in [6, 6.07) is 3.51. The molecule has 90 valence electrons. The van der Waals surface area contributed by atoms with Crippen LogP contribution in [0.5, 0.6) is 0 Å². The molecular weight excluding hydrogens is 250 g/mol. The summed E-state index contributed by atoms with van der Waals surface area (Å²) in [6.45, 7) is 1.14. The van der Waals surface area contributed by atoms with E-state index in [1.165, 1.54) is 12.1 Å². The average Bonchev–Trinajstić information content (AvgIpc) is 2.26. The molecule has 0 fully saturated rings. The number of benzene rings is 1. The van der Waals surface area contributed by atoms with Crippen LogP contribution in [-0.2, 0) is 4.79 Å². The molecule has 1 unspecified atom stereocenters. The topological polar surface area (TPSA) is 97.5 Å². The molecule has 6 nitrogen and oxygen atoms in total. The van der Waals surface area contributed by atoms with E-state index in [0.717, 1.165) is 13.0 Å². The van der Waals surface area contributed by atoms with Gasteiger partial charge in [-0.3, -0.25) is 14.9 Å². The Labute approximate surface area is 101 Å². The molecule has 0 saturated carbocycles. The Morgan fingerprint density at radius 1 is 1.47 bits per heavy atom. The number of alkyl halides is 1. The van der Waals surface area contributed by atoms with E-state index in [1.54, 1.807) is 0 Å². The van der Waals surface area contributed by atoms with Crippen LogP contribution in [-0.4, -0.2) is 21.8 Å². The number of carbonyl (C=O) groups is 2. The summed E-state index contributed by atoms with van der Waals surface area (Å²) in [6.07, 6.45) is 0. The molecule has 0 bridgehead atoms. The minimum atomic E-state index is -1.37. The Morgan fingerprint density at radius 3 is 2.47 bits per heavy atom. The summed E-state index contributed by atoms with van der Waals surface area (Å²) in [5.41, 5.74) is -1.09. The van der Waals surface area contributed by atoms with Crippen molar-refractivity contribution in [3.8, 4) is 0 Å². The number of carbonyl (C=O) groups excluding carboxylic acids is 1. The number of carboxylic acids is 1. The van der Waals surface area contributed by atoms with Crippen molar-refractivity contribution >= 4 is 29.0 Å². The molecule has 1 N–H and O–H groups in total. The van der Waals surface area contributed by atoms with Gasteiger partial charge in [0.05, 0.1) is 16.1 Å². The number of nitro benzene ring substituents is 1. The Balaban J connectivity index is 3.54. The fraction of sp³-hybridized carbons (Fsp3) is 0.200. The first-order chi connectivity index (χ1) is 7.86. The van der Waals surface area contributed by atoms with Gasteiger partial charge in [0.2, 0.25) is 0 Å². The highest BCUT2D eigenvalue weighted by Crippen LogP contribution is 2.33. The van der Waals surface area contributed by atoms with E-state index >= 15 is 0 Å². The fourth-order valence-electron chi connectivity index (χ4n) is 1.37. The number of aromatic carboxylic acids is 1. The third-order valence-corrected chi connectivity index (χ3v) is 2.65. The van der Waals surface area contributed by atoms with Crippen LogP contribution in [0.2, 0.25) is 0 Å². The monoisotopic (exact) mass is 257 g/mol. The normalized spacial score (nSPS) is 11.9. The fourth-order valence-corrected chi connectivity index (χ4v) is 1.60. The van der Waals surface area contributed by atoms with Gasteiger partial charge < -0.3 is 5.11 Å². The molecular formula is C10H8ClNO5. The summed E-state index contributed by atoms with van der Waals surface area (Å²) in [5, 5.41) is 18.3. The summed E-state index contributed by atoms with van der Waals surface area (Å²) < 4.78 is 0. The number of Topliss-reactive ketones (excluding diaryl/α,β-unsaturated/α-hetero) is 1. The third-order valence-electron chi connectivity index (χ3n) is 2.12. The van der Waals surface area contributed by atoms with E-state index in [9.17, 15) is 19.7 Å². The Bertz CT molecular complexity index is 467. The second-order valence-electron chi connectivity index (χ2n) is 3.27. The number of hydrogen-bond acceptors (Lipinski definition) is 4. The van der Waals surface area contributed by atoms with Gasteiger partial charge in [-0.05, 0) is 13.0 Å². The highest BCUT2D eigenvalue weighted by molar-refractivity contribution is 6.31. The quantitative estimate of drug-likeness (QED) is 0.506. The maximum Gasteiger partial charge on any atom is 0.336 e.